The van der Waals surface area contributed by atoms with Crippen molar-refractivity contribution in [3.63, 3.8) is 0 Å². The van der Waals surface area contributed by atoms with Crippen LogP contribution in [-0.2, 0) is 7.05 Å². The second-order valence-corrected chi connectivity index (χ2v) is 2.17. The van der Waals surface area contributed by atoms with Crippen LogP contribution in [0.1, 0.15) is 45.4 Å². The van der Waals surface area contributed by atoms with Gasteiger partial charge in [0.1, 0.15) is 5.69 Å². The second kappa shape index (κ2) is 8.66. The number of nitrogens with zero attached hydrogens (tertiary/aromatic N) is 2. The molecule has 84 valence electrons. The molecule has 0 bridgehead atoms. The Hall–Kier alpha value is -0.930. The summed E-state index contributed by atoms with van der Waals surface area (Å²) in [6.45, 7) is 9.62. The topological polar surface area (TPSA) is 17.8 Å². The third-order valence-electron chi connectivity index (χ3n) is 1.26. The Labute approximate surface area is 84.9 Å². The minimum Gasteiger partial charge on any atom is -0.275 e. The van der Waals surface area contributed by atoms with Gasteiger partial charge < -0.3 is 0 Å². The first-order chi connectivity index (χ1) is 6.61. The highest BCUT2D eigenvalue weighted by Crippen LogP contribution is 2.19. The lowest BCUT2D eigenvalue weighted by Gasteiger charge is -1.91. The minimum atomic E-state index is -2.46. The van der Waals surface area contributed by atoms with Crippen molar-refractivity contribution in [2.75, 3.05) is 0 Å². The van der Waals surface area contributed by atoms with Gasteiger partial charge in [-0.15, -0.1) is 0 Å². The van der Waals surface area contributed by atoms with E-state index in [0.29, 0.717) is 5.56 Å². The monoisotopic (exact) mass is 206 g/mol. The standard InChI is InChI=1S/C6H8F2N2.2C2H6/c1-4-3-10(2)9-5(4)6(7)8;2*1-2/h3,6H,1-2H3;2*1-2H3. The fourth-order valence-electron chi connectivity index (χ4n) is 0.840. The first-order valence-electron chi connectivity index (χ1n) is 4.89. The Kier molecular flexibility index (Phi) is 9.61. The minimum absolute atomic E-state index is 0.123. The highest BCUT2D eigenvalue weighted by molar-refractivity contribution is 5.15. The maximum atomic E-state index is 12.0. The van der Waals surface area contributed by atoms with Gasteiger partial charge in [0.15, 0.2) is 0 Å². The normalized spacial score (nSPS) is 8.64. The molecule has 4 heteroatoms. The van der Waals surface area contributed by atoms with Crippen molar-refractivity contribution in [1.29, 1.82) is 0 Å². The van der Waals surface area contributed by atoms with Crippen LogP contribution in [0.2, 0.25) is 0 Å². The molecule has 0 fully saturated rings. The molecule has 0 aromatic carbocycles. The van der Waals surface area contributed by atoms with E-state index in [1.54, 1.807) is 20.2 Å². The molecule has 0 spiro atoms. The summed E-state index contributed by atoms with van der Waals surface area (Å²) in [5.74, 6) is 0. The van der Waals surface area contributed by atoms with Gasteiger partial charge in [0, 0.05) is 13.2 Å². The molecule has 0 amide bonds. The molecule has 0 atom stereocenters. The lowest BCUT2D eigenvalue weighted by atomic mass is 10.3. The average molecular weight is 206 g/mol. The van der Waals surface area contributed by atoms with Gasteiger partial charge in [0.25, 0.3) is 6.43 Å². The summed E-state index contributed by atoms with van der Waals surface area (Å²) in [5, 5.41) is 3.58. The van der Waals surface area contributed by atoms with E-state index in [1.807, 2.05) is 27.7 Å². The quantitative estimate of drug-likeness (QED) is 0.684. The Morgan fingerprint density at radius 2 is 1.64 bits per heavy atom. The molecule has 0 aliphatic heterocycles. The van der Waals surface area contributed by atoms with Crippen LogP contribution in [-0.4, -0.2) is 9.78 Å². The predicted octanol–water partition coefficient (Wildman–Crippen LogP) is 3.72. The first-order valence-corrected chi connectivity index (χ1v) is 4.89. The molecule has 0 saturated heterocycles. The molecular formula is C10H20F2N2. The second-order valence-electron chi connectivity index (χ2n) is 2.17. The zero-order chi connectivity index (χ0) is 11.7. The summed E-state index contributed by atoms with van der Waals surface area (Å²) in [5.41, 5.74) is 0.417. The molecule has 1 aromatic heterocycles. The summed E-state index contributed by atoms with van der Waals surface area (Å²) < 4.78 is 25.3. The maximum absolute atomic E-state index is 12.0. The molecule has 0 N–H and O–H groups in total. The van der Waals surface area contributed by atoms with Crippen molar-refractivity contribution < 1.29 is 8.78 Å². The molecule has 0 aliphatic carbocycles. The highest BCUT2D eigenvalue weighted by atomic mass is 19.3. The number of hydrogen-bond donors (Lipinski definition) is 0. The fourth-order valence-corrected chi connectivity index (χ4v) is 0.840. The van der Waals surface area contributed by atoms with Crippen LogP contribution >= 0.6 is 0 Å². The van der Waals surface area contributed by atoms with Crippen LogP contribution in [0.5, 0.6) is 0 Å². The first kappa shape index (κ1) is 15.5. The summed E-state index contributed by atoms with van der Waals surface area (Å²) in [4.78, 5) is 0. The van der Waals surface area contributed by atoms with Crippen LogP contribution in [0.15, 0.2) is 6.20 Å². The predicted molar refractivity (Wildman–Crippen MR) is 55.6 cm³/mol. The molecule has 0 unspecified atom stereocenters. The Morgan fingerprint density at radius 1 is 1.21 bits per heavy atom. The van der Waals surface area contributed by atoms with Crippen LogP contribution in [0.25, 0.3) is 0 Å². The fraction of sp³-hybridized carbons (Fsp3) is 0.700. The van der Waals surface area contributed by atoms with E-state index in [0.717, 1.165) is 0 Å². The van der Waals surface area contributed by atoms with E-state index in [-0.39, 0.29) is 5.69 Å². The Balaban J connectivity index is 0. The molecule has 1 rings (SSSR count). The molecule has 14 heavy (non-hydrogen) atoms. The molecule has 0 aliphatic rings. The lowest BCUT2D eigenvalue weighted by Crippen LogP contribution is -1.91. The molecule has 1 heterocycles. The van der Waals surface area contributed by atoms with Gasteiger partial charge in [-0.1, -0.05) is 27.7 Å². The number of alkyl halides is 2. The van der Waals surface area contributed by atoms with Gasteiger partial charge in [-0.2, -0.15) is 5.10 Å². The van der Waals surface area contributed by atoms with E-state index in [4.69, 9.17) is 0 Å². The van der Waals surface area contributed by atoms with Crippen molar-refractivity contribution >= 4 is 0 Å². The van der Waals surface area contributed by atoms with Gasteiger partial charge >= 0.3 is 0 Å². The van der Waals surface area contributed by atoms with Gasteiger partial charge in [0.05, 0.1) is 0 Å². The van der Waals surface area contributed by atoms with Gasteiger partial charge in [-0.05, 0) is 12.5 Å². The third kappa shape index (κ3) is 4.94. The summed E-state index contributed by atoms with van der Waals surface area (Å²) in [7, 11) is 1.62. The molecule has 0 saturated carbocycles. The van der Waals surface area contributed by atoms with Crippen molar-refractivity contribution in [3.05, 3.63) is 17.5 Å². The van der Waals surface area contributed by atoms with Crippen LogP contribution in [0.3, 0.4) is 0 Å². The van der Waals surface area contributed by atoms with E-state index in [9.17, 15) is 8.78 Å². The van der Waals surface area contributed by atoms with Crippen LogP contribution in [0, 0.1) is 6.92 Å². The van der Waals surface area contributed by atoms with E-state index >= 15 is 0 Å². The highest BCUT2D eigenvalue weighted by Gasteiger charge is 2.13. The molecular weight excluding hydrogens is 186 g/mol. The van der Waals surface area contributed by atoms with Crippen LogP contribution < -0.4 is 0 Å². The van der Waals surface area contributed by atoms with E-state index in [2.05, 4.69) is 5.10 Å². The van der Waals surface area contributed by atoms with E-state index in [1.165, 1.54) is 4.68 Å². The molecule has 0 radical (unpaired) electrons. The maximum Gasteiger partial charge on any atom is 0.282 e. The van der Waals surface area contributed by atoms with Gasteiger partial charge in [0.2, 0.25) is 0 Å². The number of hydrogen-bond acceptors (Lipinski definition) is 1. The third-order valence-corrected chi connectivity index (χ3v) is 1.26. The zero-order valence-electron chi connectivity index (χ0n) is 9.81. The number of aryl methyl sites for hydroxylation is 2. The molecule has 1 aromatic rings. The van der Waals surface area contributed by atoms with E-state index < -0.39 is 6.43 Å². The summed E-state index contributed by atoms with van der Waals surface area (Å²) in [6, 6.07) is 0. The Bertz CT molecular complexity index is 232. The largest absolute Gasteiger partial charge is 0.282 e. The summed E-state index contributed by atoms with van der Waals surface area (Å²) >= 11 is 0. The van der Waals surface area contributed by atoms with Crippen molar-refractivity contribution in [2.45, 2.75) is 41.0 Å². The SMILES string of the molecule is CC.CC.Cc1cn(C)nc1C(F)F. The smallest absolute Gasteiger partial charge is 0.275 e. The van der Waals surface area contributed by atoms with Gasteiger partial charge in [-0.25, -0.2) is 8.78 Å². The zero-order valence-corrected chi connectivity index (χ0v) is 9.81. The van der Waals surface area contributed by atoms with Crippen LogP contribution in [0.4, 0.5) is 8.78 Å². The number of halogens is 2. The van der Waals surface area contributed by atoms with Crippen molar-refractivity contribution in [1.82, 2.24) is 9.78 Å². The van der Waals surface area contributed by atoms with Gasteiger partial charge in [-0.3, -0.25) is 4.68 Å². The number of rotatable bonds is 1. The lowest BCUT2D eigenvalue weighted by molar-refractivity contribution is 0.144. The summed E-state index contributed by atoms with van der Waals surface area (Å²) in [6.07, 6.45) is -0.886. The molecule has 2 nitrogen and oxygen atoms in total. The van der Waals surface area contributed by atoms with Crippen molar-refractivity contribution in [3.8, 4) is 0 Å². The van der Waals surface area contributed by atoms with Crippen molar-refractivity contribution in [2.24, 2.45) is 7.05 Å². The Morgan fingerprint density at radius 3 is 1.79 bits per heavy atom. The number of aromatic nitrogens is 2. The average Bonchev–Trinajstić information content (AvgIpc) is 2.52.